The van der Waals surface area contributed by atoms with Gasteiger partial charge in [-0.1, -0.05) is 347 Å². The molecule has 0 aliphatic heterocycles. The first-order valence-corrected chi connectivity index (χ1v) is 42.3. The van der Waals surface area contributed by atoms with Crippen LogP contribution in [-0.2, 0) is 32.7 Å². The van der Waals surface area contributed by atoms with Gasteiger partial charge in [-0.15, -0.1) is 0 Å². The number of rotatable bonds is 72. The molecule has 1 N–H and O–H groups in total. The lowest BCUT2D eigenvalue weighted by molar-refractivity contribution is -0.870. The molecule has 0 aromatic carbocycles. The number of hydrogen-bond acceptors (Lipinski definition) is 7. The van der Waals surface area contributed by atoms with Gasteiger partial charge < -0.3 is 18.9 Å². The third kappa shape index (κ3) is 84.7. The molecule has 582 valence electrons. The Labute approximate surface area is 638 Å². The minimum absolute atomic E-state index is 0.0154. The fourth-order valence-corrected chi connectivity index (χ4v) is 11.0. The summed E-state index contributed by atoms with van der Waals surface area (Å²) in [4.78, 5) is 36.0. The normalized spacial score (nSPS) is 14.3. The van der Waals surface area contributed by atoms with Gasteiger partial charge in [-0.25, -0.2) is 4.57 Å². The molecule has 0 aromatic heterocycles. The van der Waals surface area contributed by atoms with Crippen LogP contribution in [0.15, 0.2) is 243 Å². The van der Waals surface area contributed by atoms with Gasteiger partial charge in [0.15, 0.2) is 6.10 Å². The summed E-state index contributed by atoms with van der Waals surface area (Å²) in [5, 5.41) is 0. The summed E-state index contributed by atoms with van der Waals surface area (Å²) in [6.07, 6.45) is 131. The van der Waals surface area contributed by atoms with Crippen molar-refractivity contribution in [1.82, 2.24) is 0 Å². The van der Waals surface area contributed by atoms with Crippen LogP contribution in [0.5, 0.6) is 0 Å². The molecule has 0 aliphatic rings. The van der Waals surface area contributed by atoms with Crippen molar-refractivity contribution in [3.8, 4) is 0 Å². The fourth-order valence-electron chi connectivity index (χ4n) is 10.2. The number of quaternary nitrogens is 1. The van der Waals surface area contributed by atoms with Crippen LogP contribution in [0, 0.1) is 0 Å². The van der Waals surface area contributed by atoms with Gasteiger partial charge in [-0.05, 0) is 167 Å². The van der Waals surface area contributed by atoms with E-state index in [4.69, 9.17) is 18.5 Å². The van der Waals surface area contributed by atoms with Crippen LogP contribution in [0.2, 0.25) is 0 Å². The minimum Gasteiger partial charge on any atom is -0.462 e. The average molecular weight is 1450 g/mol. The average Bonchev–Trinajstić information content (AvgIpc) is 0.915. The zero-order chi connectivity index (χ0) is 75.4. The number of allylic oxidation sites excluding steroid dienone is 40. The molecule has 0 fully saturated rings. The number of ether oxygens (including phenoxy) is 2. The van der Waals surface area contributed by atoms with E-state index in [1.165, 1.54) is 64.2 Å². The summed E-state index contributed by atoms with van der Waals surface area (Å²) >= 11 is 0. The third-order valence-corrected chi connectivity index (χ3v) is 17.4. The Kier molecular flexibility index (Phi) is 76.1. The molecule has 0 saturated carbocycles. The Balaban J connectivity index is 4.12. The summed E-state index contributed by atoms with van der Waals surface area (Å²) < 4.78 is 34.8. The van der Waals surface area contributed by atoms with Crippen LogP contribution in [0.25, 0.3) is 0 Å². The highest BCUT2D eigenvalue weighted by Gasteiger charge is 2.27. The summed E-state index contributed by atoms with van der Waals surface area (Å²) in [6, 6.07) is 0. The standard InChI is InChI=1S/C94H148NO8P/c1-6-8-10-12-14-16-18-20-22-24-26-28-30-32-34-36-38-40-42-44-46-47-49-50-52-54-56-58-60-62-64-66-68-70-72-74-76-78-80-82-84-86-93(96)100-90-92(91-102-104(98,99)101-89-88-95(3,4)5)103-94(97)87-85-83-81-79-77-75-73-71-69-67-65-63-61-59-57-55-53-51-48-45-43-41-39-37-35-33-31-29-27-25-23-21-19-17-15-13-11-9-7-2/h8-11,14-17,20-23,26-29,32-35,38-41,44-46,48-50,53-56,59,61,65,67,71,73,92H,6-7,12-13,18-19,24-25,30-31,36-37,42-43,47,51-52,57-58,60,62-64,66,68-70,72,74-91H2,1-5H3/p+1/b10-8-,11-9-,16-14-,17-15-,22-20-,23-21-,28-26-,29-27-,34-32-,35-33-,40-38-,41-39-,46-44-,48-45-,50-49-,55-53-,56-54-,61-59-,67-65-,73-71-. The van der Waals surface area contributed by atoms with Crippen molar-refractivity contribution in [3.05, 3.63) is 243 Å². The maximum absolute atomic E-state index is 12.9. The topological polar surface area (TPSA) is 108 Å². The van der Waals surface area contributed by atoms with E-state index in [1.54, 1.807) is 0 Å². The number of phosphoric ester groups is 1. The van der Waals surface area contributed by atoms with Crippen molar-refractivity contribution in [1.29, 1.82) is 0 Å². The number of carbonyl (C=O) groups is 2. The Morgan fingerprint density at radius 2 is 0.519 bits per heavy atom. The molecule has 0 aromatic rings. The van der Waals surface area contributed by atoms with E-state index < -0.39 is 26.5 Å². The molecule has 0 amide bonds. The van der Waals surface area contributed by atoms with Gasteiger partial charge in [0.05, 0.1) is 27.7 Å². The number of unbranched alkanes of at least 4 members (excludes halogenated alkanes) is 18. The molecule has 0 aliphatic carbocycles. The molecular formula is C94H149NO8P+. The highest BCUT2D eigenvalue weighted by Crippen LogP contribution is 2.43. The Morgan fingerprint density at radius 3 is 0.769 bits per heavy atom. The zero-order valence-electron chi connectivity index (χ0n) is 66.4. The number of hydrogen-bond donors (Lipinski definition) is 1. The van der Waals surface area contributed by atoms with Crippen LogP contribution in [0.4, 0.5) is 0 Å². The monoisotopic (exact) mass is 1450 g/mol. The van der Waals surface area contributed by atoms with Crippen LogP contribution in [-0.4, -0.2) is 74.9 Å². The Hall–Kier alpha value is -6.19. The second-order valence-corrected chi connectivity index (χ2v) is 28.8. The van der Waals surface area contributed by atoms with Gasteiger partial charge in [0, 0.05) is 12.8 Å². The number of nitrogens with zero attached hydrogens (tertiary/aromatic N) is 1. The highest BCUT2D eigenvalue weighted by molar-refractivity contribution is 7.47. The Bertz CT molecular complexity index is 2670. The second-order valence-electron chi connectivity index (χ2n) is 27.3. The largest absolute Gasteiger partial charge is 0.472 e. The first-order chi connectivity index (χ1) is 51.0. The van der Waals surface area contributed by atoms with Crippen molar-refractivity contribution in [2.24, 2.45) is 0 Å². The van der Waals surface area contributed by atoms with Crippen LogP contribution in [0.1, 0.15) is 284 Å². The predicted molar refractivity (Wildman–Crippen MR) is 454 cm³/mol. The number of esters is 2. The fraction of sp³-hybridized carbons (Fsp3) is 0.553. The smallest absolute Gasteiger partial charge is 0.462 e. The van der Waals surface area contributed by atoms with Crippen molar-refractivity contribution in [2.45, 2.75) is 290 Å². The quantitative estimate of drug-likeness (QED) is 0.0211. The molecule has 2 unspecified atom stereocenters. The van der Waals surface area contributed by atoms with Gasteiger partial charge in [-0.2, -0.15) is 0 Å². The van der Waals surface area contributed by atoms with E-state index in [9.17, 15) is 19.0 Å². The highest BCUT2D eigenvalue weighted by atomic mass is 31.2. The summed E-state index contributed by atoms with van der Waals surface area (Å²) in [6.45, 7) is 4.16. The molecule has 0 heterocycles. The summed E-state index contributed by atoms with van der Waals surface area (Å²) in [7, 11) is 1.43. The molecule has 10 heteroatoms. The number of phosphoric acid groups is 1. The summed E-state index contributed by atoms with van der Waals surface area (Å²) in [5.41, 5.74) is 0. The van der Waals surface area contributed by atoms with Gasteiger partial charge in [0.25, 0.3) is 0 Å². The minimum atomic E-state index is -4.42. The lowest BCUT2D eigenvalue weighted by Crippen LogP contribution is -2.37. The van der Waals surface area contributed by atoms with Gasteiger partial charge in [0.2, 0.25) is 0 Å². The van der Waals surface area contributed by atoms with Crippen molar-refractivity contribution in [3.63, 3.8) is 0 Å². The first-order valence-electron chi connectivity index (χ1n) is 40.8. The van der Waals surface area contributed by atoms with Crippen molar-refractivity contribution < 1.29 is 42.1 Å². The molecule has 2 atom stereocenters. The van der Waals surface area contributed by atoms with Crippen molar-refractivity contribution in [2.75, 3.05) is 47.5 Å². The van der Waals surface area contributed by atoms with Crippen molar-refractivity contribution >= 4 is 19.8 Å². The maximum atomic E-state index is 12.9. The second kappa shape index (κ2) is 80.9. The number of likely N-dealkylation sites (N-methyl/N-ethyl adjacent to an activating group) is 1. The molecule has 0 saturated heterocycles. The van der Waals surface area contributed by atoms with Crippen LogP contribution in [0.3, 0.4) is 0 Å². The lowest BCUT2D eigenvalue weighted by atomic mass is 10.0. The first kappa shape index (κ1) is 97.8. The van der Waals surface area contributed by atoms with E-state index in [2.05, 4.69) is 257 Å². The van der Waals surface area contributed by atoms with Crippen LogP contribution < -0.4 is 0 Å². The van der Waals surface area contributed by atoms with Crippen LogP contribution >= 0.6 is 7.82 Å². The third-order valence-electron chi connectivity index (χ3n) is 16.4. The molecule has 0 rings (SSSR count). The van der Waals surface area contributed by atoms with E-state index in [0.29, 0.717) is 17.4 Å². The zero-order valence-corrected chi connectivity index (χ0v) is 67.3. The molecule has 0 spiro atoms. The van der Waals surface area contributed by atoms with Gasteiger partial charge in [0.1, 0.15) is 19.8 Å². The van der Waals surface area contributed by atoms with E-state index in [1.807, 2.05) is 21.1 Å². The van der Waals surface area contributed by atoms with E-state index >= 15 is 0 Å². The molecule has 9 nitrogen and oxygen atoms in total. The number of carbonyl (C=O) groups excluding carboxylic acids is 2. The molecular weight excluding hydrogens is 1300 g/mol. The van der Waals surface area contributed by atoms with Gasteiger partial charge >= 0.3 is 19.8 Å². The van der Waals surface area contributed by atoms with E-state index in [-0.39, 0.29) is 32.0 Å². The SMILES string of the molecule is CC/C=C\C/C=C\C/C=C\C/C=C\C/C=C\C/C=C\C/C=C\C/C=C\C/C=C\C/C=C\C/C=C\CCCCCCCC(=O)OC(COC(=O)CCCCCCCCCCCCCCC/C=C\C/C=C\C/C=C\C/C=C\C/C=C\C/C=C\C/C=C\C/C=C\C/C=C\CC)COP(=O)(O)OCC[N+](C)(C)C. The maximum Gasteiger partial charge on any atom is 0.472 e. The summed E-state index contributed by atoms with van der Waals surface area (Å²) in [5.74, 6) is -0.834. The molecule has 0 bridgehead atoms. The molecule has 0 radical (unpaired) electrons. The van der Waals surface area contributed by atoms with E-state index in [0.717, 1.165) is 186 Å². The lowest BCUT2D eigenvalue weighted by Gasteiger charge is -2.24. The predicted octanol–water partition coefficient (Wildman–Crippen LogP) is 27.8. The Morgan fingerprint density at radius 1 is 0.298 bits per heavy atom. The van der Waals surface area contributed by atoms with Gasteiger partial charge in [-0.3, -0.25) is 18.6 Å². The molecule has 104 heavy (non-hydrogen) atoms.